The van der Waals surface area contributed by atoms with Gasteiger partial charge in [-0.2, -0.15) is 0 Å². The van der Waals surface area contributed by atoms with Gasteiger partial charge in [0, 0.05) is 13.2 Å². The van der Waals surface area contributed by atoms with Gasteiger partial charge in [0.05, 0.1) is 13.2 Å². The summed E-state index contributed by atoms with van der Waals surface area (Å²) in [6.45, 7) is 0.0147. The van der Waals surface area contributed by atoms with E-state index in [0.717, 1.165) is 25.7 Å². The number of ether oxygens (including phenoxy) is 4. The first-order valence-electron chi connectivity index (χ1n) is 8.95. The maximum absolute atomic E-state index is 11.0. The van der Waals surface area contributed by atoms with Gasteiger partial charge in [-0.15, -0.1) is 0 Å². The van der Waals surface area contributed by atoms with Crippen molar-refractivity contribution in [2.24, 2.45) is 11.8 Å². The second-order valence-electron chi connectivity index (χ2n) is 5.86. The first kappa shape index (κ1) is 26.6. The number of carbonyl (C=O) groups excluding carboxylic acids is 2. The van der Waals surface area contributed by atoms with Gasteiger partial charge in [-0.25, -0.2) is 21.4 Å². The van der Waals surface area contributed by atoms with E-state index in [1.807, 2.05) is 0 Å². The van der Waals surface area contributed by atoms with Crippen LogP contribution in [0.15, 0.2) is 0 Å². The van der Waals surface area contributed by atoms with E-state index in [1.165, 1.54) is 0 Å². The van der Waals surface area contributed by atoms with E-state index >= 15 is 0 Å². The van der Waals surface area contributed by atoms with Gasteiger partial charge in [0.1, 0.15) is 25.4 Å². The predicted octanol–water partition coefficient (Wildman–Crippen LogP) is -1.83. The van der Waals surface area contributed by atoms with Gasteiger partial charge in [0.15, 0.2) is 13.2 Å². The molecule has 0 aromatic rings. The normalized spacial score (nSPS) is 13.1. The van der Waals surface area contributed by atoms with Crippen molar-refractivity contribution in [3.05, 3.63) is 0 Å². The van der Waals surface area contributed by atoms with Crippen LogP contribution in [0.4, 0.5) is 0 Å². The summed E-state index contributed by atoms with van der Waals surface area (Å²) in [6, 6.07) is 0. The molecule has 12 nitrogen and oxygen atoms in total. The SMILES string of the molecule is NOCC(=O)OCC(O)COCCCCCCOCC(O)COC(=O)CON. The fourth-order valence-corrected chi connectivity index (χ4v) is 1.89. The van der Waals surface area contributed by atoms with Crippen LogP contribution in [0, 0.1) is 0 Å². The van der Waals surface area contributed by atoms with Gasteiger partial charge in [-0.05, 0) is 12.8 Å². The van der Waals surface area contributed by atoms with Crippen molar-refractivity contribution in [1.29, 1.82) is 0 Å². The molecule has 0 fully saturated rings. The summed E-state index contributed by atoms with van der Waals surface area (Å²) in [5.74, 6) is 8.12. The minimum Gasteiger partial charge on any atom is -0.461 e. The van der Waals surface area contributed by atoms with E-state index in [9.17, 15) is 19.8 Å². The highest BCUT2D eigenvalue weighted by Gasteiger charge is 2.10. The first-order valence-corrected chi connectivity index (χ1v) is 8.95. The van der Waals surface area contributed by atoms with Crippen LogP contribution < -0.4 is 11.8 Å². The molecule has 166 valence electrons. The summed E-state index contributed by atoms with van der Waals surface area (Å²) in [7, 11) is 0. The lowest BCUT2D eigenvalue weighted by Crippen LogP contribution is -2.26. The summed E-state index contributed by atoms with van der Waals surface area (Å²) in [5.41, 5.74) is 0. The topological polar surface area (TPSA) is 182 Å². The number of aliphatic hydroxyl groups excluding tert-OH is 2. The number of aliphatic hydroxyl groups is 2. The Labute approximate surface area is 163 Å². The third-order valence-corrected chi connectivity index (χ3v) is 3.22. The highest BCUT2D eigenvalue weighted by Crippen LogP contribution is 2.02. The molecule has 0 aliphatic rings. The molecule has 0 saturated carbocycles. The second kappa shape index (κ2) is 19.0. The Morgan fingerprint density at radius 1 is 0.679 bits per heavy atom. The first-order chi connectivity index (χ1) is 13.5. The Morgan fingerprint density at radius 2 is 1.07 bits per heavy atom. The molecule has 6 N–H and O–H groups in total. The molecule has 2 atom stereocenters. The maximum Gasteiger partial charge on any atom is 0.334 e. The zero-order valence-electron chi connectivity index (χ0n) is 16.0. The number of unbranched alkanes of at least 4 members (excludes halogenated alkanes) is 3. The number of nitrogens with two attached hydrogens (primary N) is 2. The molecule has 28 heavy (non-hydrogen) atoms. The Balaban J connectivity index is 3.35. The van der Waals surface area contributed by atoms with Crippen molar-refractivity contribution in [3.8, 4) is 0 Å². The molecule has 0 amide bonds. The van der Waals surface area contributed by atoms with E-state index in [4.69, 9.17) is 30.7 Å². The van der Waals surface area contributed by atoms with Crippen molar-refractivity contribution >= 4 is 11.9 Å². The Kier molecular flexibility index (Phi) is 18.0. The predicted molar refractivity (Wildman–Crippen MR) is 94.3 cm³/mol. The van der Waals surface area contributed by atoms with Gasteiger partial charge in [-0.1, -0.05) is 12.8 Å². The summed E-state index contributed by atoms with van der Waals surface area (Å²) in [6.07, 6.45) is 1.67. The summed E-state index contributed by atoms with van der Waals surface area (Å²) in [4.78, 5) is 30.1. The van der Waals surface area contributed by atoms with Crippen molar-refractivity contribution in [2.45, 2.75) is 37.9 Å². The molecule has 12 heteroatoms. The molecule has 0 aliphatic carbocycles. The summed E-state index contributed by atoms with van der Waals surface area (Å²) in [5, 5.41) is 19.1. The average Bonchev–Trinajstić information content (AvgIpc) is 2.66. The molecule has 0 bridgehead atoms. The van der Waals surface area contributed by atoms with Crippen LogP contribution in [-0.2, 0) is 38.2 Å². The summed E-state index contributed by atoms with van der Waals surface area (Å²) < 4.78 is 20.0. The van der Waals surface area contributed by atoms with Gasteiger partial charge in [0.2, 0.25) is 0 Å². The number of carbonyl (C=O) groups is 2. The van der Waals surface area contributed by atoms with Crippen LogP contribution in [0.2, 0.25) is 0 Å². The zero-order chi connectivity index (χ0) is 21.0. The molecule has 0 rings (SSSR count). The Bertz CT molecular complexity index is 364. The van der Waals surface area contributed by atoms with Gasteiger partial charge in [-0.3, -0.25) is 9.68 Å². The number of rotatable bonds is 19. The lowest BCUT2D eigenvalue weighted by molar-refractivity contribution is -0.153. The van der Waals surface area contributed by atoms with Gasteiger partial charge >= 0.3 is 11.9 Å². The fourth-order valence-electron chi connectivity index (χ4n) is 1.89. The quantitative estimate of drug-likeness (QED) is 0.106. The smallest absolute Gasteiger partial charge is 0.334 e. The molecular weight excluding hydrogens is 380 g/mol. The lowest BCUT2D eigenvalue weighted by atomic mass is 10.2. The van der Waals surface area contributed by atoms with Crippen LogP contribution >= 0.6 is 0 Å². The summed E-state index contributed by atoms with van der Waals surface area (Å²) >= 11 is 0. The number of hydrogen-bond acceptors (Lipinski definition) is 12. The molecule has 0 spiro atoms. The molecule has 0 saturated heterocycles. The molecule has 2 unspecified atom stereocenters. The van der Waals surface area contributed by atoms with E-state index in [0.29, 0.717) is 13.2 Å². The third kappa shape index (κ3) is 18.0. The lowest BCUT2D eigenvalue weighted by Gasteiger charge is -2.12. The van der Waals surface area contributed by atoms with Crippen molar-refractivity contribution < 1.29 is 48.4 Å². The number of hydrogen-bond donors (Lipinski definition) is 4. The van der Waals surface area contributed by atoms with Crippen LogP contribution in [0.5, 0.6) is 0 Å². The molecule has 0 radical (unpaired) electrons. The standard InChI is InChI=1S/C16H32N2O10/c17-27-11-15(21)25-9-13(19)7-23-5-3-1-2-4-6-24-8-14(20)10-26-16(22)12-28-18/h13-14,19-20H,1-12,17-18H2. The average molecular weight is 412 g/mol. The zero-order valence-corrected chi connectivity index (χ0v) is 16.0. The number of esters is 2. The Morgan fingerprint density at radius 3 is 1.43 bits per heavy atom. The largest absolute Gasteiger partial charge is 0.461 e. The van der Waals surface area contributed by atoms with Crippen molar-refractivity contribution in [2.75, 3.05) is 52.9 Å². The Hall–Kier alpha value is -1.38. The third-order valence-electron chi connectivity index (χ3n) is 3.22. The van der Waals surface area contributed by atoms with E-state index < -0.39 is 24.1 Å². The minimum atomic E-state index is -0.899. The molecule has 0 aliphatic heterocycles. The molecule has 0 aromatic heterocycles. The van der Waals surface area contributed by atoms with E-state index in [1.54, 1.807) is 0 Å². The maximum atomic E-state index is 11.0. The molecule has 0 heterocycles. The molecule has 0 aromatic carbocycles. The molecular formula is C16H32N2O10. The van der Waals surface area contributed by atoms with Crippen LogP contribution in [-0.4, -0.2) is 87.2 Å². The van der Waals surface area contributed by atoms with Gasteiger partial charge in [0.25, 0.3) is 0 Å². The van der Waals surface area contributed by atoms with Crippen LogP contribution in [0.1, 0.15) is 25.7 Å². The second-order valence-corrected chi connectivity index (χ2v) is 5.86. The highest BCUT2D eigenvalue weighted by atomic mass is 16.6. The monoisotopic (exact) mass is 412 g/mol. The van der Waals surface area contributed by atoms with Crippen molar-refractivity contribution in [3.63, 3.8) is 0 Å². The van der Waals surface area contributed by atoms with Crippen LogP contribution in [0.25, 0.3) is 0 Å². The minimum absolute atomic E-state index is 0.0692. The van der Waals surface area contributed by atoms with E-state index in [2.05, 4.69) is 9.68 Å². The highest BCUT2D eigenvalue weighted by molar-refractivity contribution is 5.70. The van der Waals surface area contributed by atoms with Crippen LogP contribution in [0.3, 0.4) is 0 Å². The fraction of sp³-hybridized carbons (Fsp3) is 0.875. The van der Waals surface area contributed by atoms with E-state index in [-0.39, 0.29) is 39.6 Å². The van der Waals surface area contributed by atoms with Crippen molar-refractivity contribution in [1.82, 2.24) is 0 Å². The van der Waals surface area contributed by atoms with Gasteiger partial charge < -0.3 is 29.2 Å².